The van der Waals surface area contributed by atoms with Crippen molar-refractivity contribution in [3.63, 3.8) is 0 Å². The predicted molar refractivity (Wildman–Crippen MR) is 85.3 cm³/mol. The van der Waals surface area contributed by atoms with Crippen molar-refractivity contribution in [1.29, 1.82) is 0 Å². The minimum atomic E-state index is 0.0325. The molecule has 0 spiro atoms. The Morgan fingerprint density at radius 3 is 3.00 bits per heavy atom. The van der Waals surface area contributed by atoms with Gasteiger partial charge in [0.15, 0.2) is 0 Å². The van der Waals surface area contributed by atoms with Gasteiger partial charge < -0.3 is 20.5 Å². The van der Waals surface area contributed by atoms with Crippen molar-refractivity contribution >= 4 is 22.5 Å². The minimum Gasteiger partial charge on any atom is -0.399 e. The van der Waals surface area contributed by atoms with Gasteiger partial charge in [0.2, 0.25) is 0 Å². The maximum Gasteiger partial charge on any atom is 0.270 e. The molecule has 0 saturated carbocycles. The van der Waals surface area contributed by atoms with Gasteiger partial charge in [-0.3, -0.25) is 4.79 Å². The van der Waals surface area contributed by atoms with Crippen molar-refractivity contribution in [2.45, 2.75) is 18.9 Å². The van der Waals surface area contributed by atoms with E-state index in [0.29, 0.717) is 17.4 Å². The van der Waals surface area contributed by atoms with Crippen molar-refractivity contribution < 1.29 is 4.79 Å². The van der Waals surface area contributed by atoms with E-state index in [-0.39, 0.29) is 5.91 Å². The zero-order valence-corrected chi connectivity index (χ0v) is 12.6. The lowest BCUT2D eigenvalue weighted by atomic mass is 10.2. The predicted octanol–water partition coefficient (Wildman–Crippen LogP) is 1.92. The number of aromatic nitrogens is 1. The van der Waals surface area contributed by atoms with Crippen molar-refractivity contribution in [3.05, 3.63) is 30.0 Å². The zero-order valence-electron chi connectivity index (χ0n) is 12.6. The summed E-state index contributed by atoms with van der Waals surface area (Å²) in [5, 5.41) is 0.977. The lowest BCUT2D eigenvalue weighted by molar-refractivity contribution is 0.0756. The second-order valence-corrected chi connectivity index (χ2v) is 5.99. The molecular weight excluding hydrogens is 264 g/mol. The second kappa shape index (κ2) is 5.41. The second-order valence-electron chi connectivity index (χ2n) is 5.99. The van der Waals surface area contributed by atoms with Crippen LogP contribution in [0, 0.1) is 0 Å². The number of likely N-dealkylation sites (N-methyl/N-ethyl adjacent to an activating group) is 2. The van der Waals surface area contributed by atoms with E-state index >= 15 is 0 Å². The van der Waals surface area contributed by atoms with Gasteiger partial charge in [0.1, 0.15) is 5.69 Å². The summed E-state index contributed by atoms with van der Waals surface area (Å²) in [6, 6.07) is 7.98. The SMILES string of the molecule is CN(CC1CCCN1C)C(=O)c1cc2cc(N)ccc2[nH]1. The van der Waals surface area contributed by atoms with Crippen molar-refractivity contribution in [2.75, 3.05) is 32.9 Å². The Hall–Kier alpha value is -2.01. The number of nitrogens with two attached hydrogens (primary N) is 1. The van der Waals surface area contributed by atoms with Gasteiger partial charge in [-0.1, -0.05) is 0 Å². The van der Waals surface area contributed by atoms with Crippen LogP contribution in [0.2, 0.25) is 0 Å². The van der Waals surface area contributed by atoms with Gasteiger partial charge in [0.25, 0.3) is 5.91 Å². The topological polar surface area (TPSA) is 65.4 Å². The molecular formula is C16H22N4O. The van der Waals surface area contributed by atoms with Crippen LogP contribution in [0.25, 0.3) is 10.9 Å². The number of hydrogen-bond donors (Lipinski definition) is 2. The molecule has 1 fully saturated rings. The van der Waals surface area contributed by atoms with Gasteiger partial charge >= 0.3 is 0 Å². The molecule has 1 amide bonds. The average Bonchev–Trinajstić information content (AvgIpc) is 3.04. The van der Waals surface area contributed by atoms with Crippen LogP contribution in [0.1, 0.15) is 23.3 Å². The van der Waals surface area contributed by atoms with Crippen LogP contribution in [0.3, 0.4) is 0 Å². The zero-order chi connectivity index (χ0) is 15.0. The van der Waals surface area contributed by atoms with E-state index in [4.69, 9.17) is 5.73 Å². The van der Waals surface area contributed by atoms with Crippen molar-refractivity contribution in [3.8, 4) is 0 Å². The third kappa shape index (κ3) is 2.74. The molecule has 1 aromatic heterocycles. The van der Waals surface area contributed by atoms with Crippen LogP contribution in [0.5, 0.6) is 0 Å². The number of fused-ring (bicyclic) bond motifs is 1. The smallest absolute Gasteiger partial charge is 0.270 e. The van der Waals surface area contributed by atoms with E-state index < -0.39 is 0 Å². The summed E-state index contributed by atoms with van der Waals surface area (Å²) in [6.07, 6.45) is 2.38. The number of H-pyrrole nitrogens is 1. The molecule has 3 rings (SSSR count). The molecule has 1 aliphatic heterocycles. The largest absolute Gasteiger partial charge is 0.399 e. The summed E-state index contributed by atoms with van der Waals surface area (Å²) < 4.78 is 0. The lowest BCUT2D eigenvalue weighted by Crippen LogP contribution is -2.39. The molecule has 2 heterocycles. The molecule has 0 aliphatic carbocycles. The number of carbonyl (C=O) groups excluding carboxylic acids is 1. The van der Waals surface area contributed by atoms with E-state index in [1.165, 1.54) is 6.42 Å². The van der Waals surface area contributed by atoms with Gasteiger partial charge in [0.05, 0.1) is 0 Å². The van der Waals surface area contributed by atoms with E-state index in [1.54, 1.807) is 4.90 Å². The molecule has 5 heteroatoms. The number of amides is 1. The van der Waals surface area contributed by atoms with Crippen LogP contribution in [0.4, 0.5) is 5.69 Å². The monoisotopic (exact) mass is 286 g/mol. The minimum absolute atomic E-state index is 0.0325. The van der Waals surface area contributed by atoms with Crippen LogP contribution < -0.4 is 5.73 Å². The fourth-order valence-corrected chi connectivity index (χ4v) is 3.08. The number of anilines is 1. The number of rotatable bonds is 3. The highest BCUT2D eigenvalue weighted by Crippen LogP contribution is 2.20. The van der Waals surface area contributed by atoms with Crippen molar-refractivity contribution in [1.82, 2.24) is 14.8 Å². The van der Waals surface area contributed by atoms with Gasteiger partial charge in [0, 0.05) is 36.2 Å². The first-order valence-electron chi connectivity index (χ1n) is 7.38. The van der Waals surface area contributed by atoms with Crippen LogP contribution in [-0.2, 0) is 0 Å². The highest BCUT2D eigenvalue weighted by Gasteiger charge is 2.24. The molecule has 5 nitrogen and oxygen atoms in total. The lowest BCUT2D eigenvalue weighted by Gasteiger charge is -2.25. The summed E-state index contributed by atoms with van der Waals surface area (Å²) >= 11 is 0. The third-order valence-electron chi connectivity index (χ3n) is 4.38. The average molecular weight is 286 g/mol. The molecule has 0 bridgehead atoms. The highest BCUT2D eigenvalue weighted by molar-refractivity contribution is 5.98. The number of nitrogen functional groups attached to an aromatic ring is 1. The fourth-order valence-electron chi connectivity index (χ4n) is 3.08. The molecule has 1 aliphatic rings. The maximum atomic E-state index is 12.5. The standard InChI is InChI=1S/C16H22N4O/c1-19-7-3-4-13(19)10-20(2)16(21)15-9-11-8-12(17)5-6-14(11)18-15/h5-6,8-9,13,18H,3-4,7,10,17H2,1-2H3. The summed E-state index contributed by atoms with van der Waals surface area (Å²) in [4.78, 5) is 19.9. The van der Waals surface area contributed by atoms with Gasteiger partial charge in [-0.15, -0.1) is 0 Å². The molecule has 112 valence electrons. The Morgan fingerprint density at radius 1 is 1.48 bits per heavy atom. The van der Waals surface area contributed by atoms with Crippen LogP contribution in [0.15, 0.2) is 24.3 Å². The molecule has 1 atom stereocenters. The first kappa shape index (κ1) is 13.9. The summed E-state index contributed by atoms with van der Waals surface area (Å²) in [5.41, 5.74) is 8.06. The number of nitrogens with zero attached hydrogens (tertiary/aromatic N) is 2. The van der Waals surface area contributed by atoms with Gasteiger partial charge in [-0.2, -0.15) is 0 Å². The quantitative estimate of drug-likeness (QED) is 0.847. The number of carbonyl (C=O) groups is 1. The number of likely N-dealkylation sites (tertiary alicyclic amines) is 1. The molecule has 1 aromatic carbocycles. The Morgan fingerprint density at radius 2 is 2.29 bits per heavy atom. The third-order valence-corrected chi connectivity index (χ3v) is 4.38. The fraction of sp³-hybridized carbons (Fsp3) is 0.438. The molecule has 3 N–H and O–H groups in total. The van der Waals surface area contributed by atoms with E-state index in [0.717, 1.165) is 30.4 Å². The molecule has 1 saturated heterocycles. The van der Waals surface area contributed by atoms with E-state index in [2.05, 4.69) is 16.9 Å². The number of nitrogens with one attached hydrogen (secondary N) is 1. The van der Waals surface area contributed by atoms with Crippen LogP contribution in [-0.4, -0.2) is 53.9 Å². The highest BCUT2D eigenvalue weighted by atomic mass is 16.2. The van der Waals surface area contributed by atoms with E-state index in [1.807, 2.05) is 31.3 Å². The Bertz CT molecular complexity index is 663. The summed E-state index contributed by atoms with van der Waals surface area (Å²) in [5.74, 6) is 0.0325. The molecule has 0 radical (unpaired) electrons. The maximum absolute atomic E-state index is 12.5. The first-order chi connectivity index (χ1) is 10.0. The number of hydrogen-bond acceptors (Lipinski definition) is 3. The molecule has 2 aromatic rings. The Kier molecular flexibility index (Phi) is 3.59. The molecule has 21 heavy (non-hydrogen) atoms. The van der Waals surface area contributed by atoms with Gasteiger partial charge in [-0.25, -0.2) is 0 Å². The van der Waals surface area contributed by atoms with E-state index in [9.17, 15) is 4.79 Å². The summed E-state index contributed by atoms with van der Waals surface area (Å²) in [7, 11) is 4.00. The Labute approximate surface area is 124 Å². The Balaban J connectivity index is 1.76. The first-order valence-corrected chi connectivity index (χ1v) is 7.38. The van der Waals surface area contributed by atoms with Crippen molar-refractivity contribution in [2.24, 2.45) is 0 Å². The molecule has 1 unspecified atom stereocenters. The summed E-state index contributed by atoms with van der Waals surface area (Å²) in [6.45, 7) is 1.89. The normalized spacial score (nSPS) is 19.2. The van der Waals surface area contributed by atoms with Gasteiger partial charge in [-0.05, 0) is 50.7 Å². The number of benzene rings is 1. The number of aromatic amines is 1. The van der Waals surface area contributed by atoms with Crippen LogP contribution >= 0.6 is 0 Å².